The third kappa shape index (κ3) is 3.74. The molecule has 0 aromatic carbocycles. The van der Waals surface area contributed by atoms with Gasteiger partial charge in [0.1, 0.15) is 0 Å². The van der Waals surface area contributed by atoms with Crippen LogP contribution in [0, 0.1) is 5.92 Å². The van der Waals surface area contributed by atoms with E-state index in [1.807, 2.05) is 13.8 Å². The Labute approximate surface area is 79.0 Å². The van der Waals surface area contributed by atoms with Crippen LogP contribution >= 0.6 is 0 Å². The molecule has 2 N–H and O–H groups in total. The van der Waals surface area contributed by atoms with Gasteiger partial charge in [-0.2, -0.15) is 0 Å². The summed E-state index contributed by atoms with van der Waals surface area (Å²) < 4.78 is 0. The third-order valence-corrected chi connectivity index (χ3v) is 1.97. The van der Waals surface area contributed by atoms with Crippen LogP contribution in [0.2, 0.25) is 0 Å². The fraction of sp³-hybridized carbons (Fsp3) is 0.889. The summed E-state index contributed by atoms with van der Waals surface area (Å²) in [6.45, 7) is 5.58. The smallest absolute Gasteiger partial charge is 0.260 e. The highest BCUT2D eigenvalue weighted by molar-refractivity contribution is 5.80. The van der Waals surface area contributed by atoms with Gasteiger partial charge in [-0.1, -0.05) is 13.8 Å². The second-order valence-corrected chi connectivity index (χ2v) is 3.82. The van der Waals surface area contributed by atoms with Crippen LogP contribution < -0.4 is 10.8 Å². The van der Waals surface area contributed by atoms with Gasteiger partial charge in [-0.25, -0.2) is 5.48 Å². The van der Waals surface area contributed by atoms with E-state index in [0.29, 0.717) is 12.5 Å². The molecule has 4 nitrogen and oxygen atoms in total. The van der Waals surface area contributed by atoms with E-state index >= 15 is 0 Å². The molecule has 4 heteroatoms. The van der Waals surface area contributed by atoms with Crippen LogP contribution in [0.3, 0.4) is 0 Å². The van der Waals surface area contributed by atoms with E-state index in [1.165, 1.54) is 0 Å². The quantitative estimate of drug-likeness (QED) is 0.626. The highest BCUT2D eigenvalue weighted by Gasteiger charge is 2.21. The summed E-state index contributed by atoms with van der Waals surface area (Å²) in [6, 6.07) is -0.0489. The Hall–Kier alpha value is -0.610. The van der Waals surface area contributed by atoms with Gasteiger partial charge in [-0.15, -0.1) is 0 Å². The highest BCUT2D eigenvalue weighted by Crippen LogP contribution is 2.04. The minimum Gasteiger partial charge on any atom is -0.306 e. The standard InChI is InChI=1S/C9H18N2O2/c1-7(2)6-13-11-9(12)8-4-3-5-10-8/h7-8,10H,3-6H2,1-2H3,(H,11,12)/t8-/m0/s1. The number of hydrogen-bond donors (Lipinski definition) is 2. The molecule has 1 fully saturated rings. The van der Waals surface area contributed by atoms with Crippen molar-refractivity contribution in [3.05, 3.63) is 0 Å². The van der Waals surface area contributed by atoms with E-state index in [2.05, 4.69) is 10.8 Å². The molecule has 0 aromatic rings. The van der Waals surface area contributed by atoms with Crippen molar-refractivity contribution in [3.63, 3.8) is 0 Å². The average molecular weight is 186 g/mol. The molecule has 0 bridgehead atoms. The predicted molar refractivity (Wildman–Crippen MR) is 50.0 cm³/mol. The second-order valence-electron chi connectivity index (χ2n) is 3.82. The molecule has 0 unspecified atom stereocenters. The minimum absolute atomic E-state index is 0.0434. The SMILES string of the molecule is CC(C)CONC(=O)[C@@H]1CCCN1. The third-order valence-electron chi connectivity index (χ3n) is 1.97. The summed E-state index contributed by atoms with van der Waals surface area (Å²) in [5.74, 6) is 0.398. The number of amides is 1. The van der Waals surface area contributed by atoms with Crippen LogP contribution in [0.1, 0.15) is 26.7 Å². The Balaban J connectivity index is 2.10. The lowest BCUT2D eigenvalue weighted by molar-refractivity contribution is -0.136. The number of carbonyl (C=O) groups is 1. The summed E-state index contributed by atoms with van der Waals surface area (Å²) in [7, 11) is 0. The fourth-order valence-electron chi connectivity index (χ4n) is 1.26. The largest absolute Gasteiger partial charge is 0.306 e. The molecule has 13 heavy (non-hydrogen) atoms. The van der Waals surface area contributed by atoms with Crippen LogP contribution in [0.4, 0.5) is 0 Å². The molecule has 1 aliphatic rings. The normalized spacial score (nSPS) is 22.2. The minimum atomic E-state index is -0.0489. The van der Waals surface area contributed by atoms with Gasteiger partial charge in [0.25, 0.3) is 5.91 Å². The Morgan fingerprint density at radius 3 is 3.00 bits per heavy atom. The maximum atomic E-state index is 11.3. The van der Waals surface area contributed by atoms with Crippen molar-refractivity contribution >= 4 is 5.91 Å². The van der Waals surface area contributed by atoms with Crippen molar-refractivity contribution < 1.29 is 9.63 Å². The van der Waals surface area contributed by atoms with Gasteiger partial charge in [0.15, 0.2) is 0 Å². The van der Waals surface area contributed by atoms with Crippen LogP contribution in [0.25, 0.3) is 0 Å². The molecule has 1 atom stereocenters. The van der Waals surface area contributed by atoms with Crippen molar-refractivity contribution in [1.29, 1.82) is 0 Å². The second kappa shape index (κ2) is 5.19. The molecule has 1 heterocycles. The topological polar surface area (TPSA) is 50.4 Å². The monoisotopic (exact) mass is 186 g/mol. The van der Waals surface area contributed by atoms with E-state index in [-0.39, 0.29) is 11.9 Å². The summed E-state index contributed by atoms with van der Waals surface area (Å²) in [5, 5.41) is 3.10. The van der Waals surface area contributed by atoms with Crippen molar-refractivity contribution in [2.75, 3.05) is 13.2 Å². The number of hydrogen-bond acceptors (Lipinski definition) is 3. The number of nitrogens with one attached hydrogen (secondary N) is 2. The Morgan fingerprint density at radius 1 is 1.69 bits per heavy atom. The van der Waals surface area contributed by atoms with Crippen molar-refractivity contribution in [1.82, 2.24) is 10.8 Å². The molecule has 1 saturated heterocycles. The maximum Gasteiger partial charge on any atom is 0.260 e. The summed E-state index contributed by atoms with van der Waals surface area (Å²) in [6.07, 6.45) is 1.99. The Morgan fingerprint density at radius 2 is 2.46 bits per heavy atom. The van der Waals surface area contributed by atoms with Crippen molar-refractivity contribution in [2.45, 2.75) is 32.7 Å². The summed E-state index contributed by atoms with van der Waals surface area (Å²) in [5.41, 5.74) is 2.45. The molecule has 1 aliphatic heterocycles. The summed E-state index contributed by atoms with van der Waals surface area (Å²) in [4.78, 5) is 16.4. The number of rotatable bonds is 4. The van der Waals surface area contributed by atoms with Crippen LogP contribution in [0.5, 0.6) is 0 Å². The first-order valence-corrected chi connectivity index (χ1v) is 4.85. The molecular weight excluding hydrogens is 168 g/mol. The van der Waals surface area contributed by atoms with E-state index in [0.717, 1.165) is 19.4 Å². The first kappa shape index (κ1) is 10.5. The number of carbonyl (C=O) groups excluding carboxylic acids is 1. The maximum absolute atomic E-state index is 11.3. The lowest BCUT2D eigenvalue weighted by Gasteiger charge is -2.11. The lowest BCUT2D eigenvalue weighted by Crippen LogP contribution is -2.40. The average Bonchev–Trinajstić information content (AvgIpc) is 2.55. The molecule has 76 valence electrons. The van der Waals surface area contributed by atoms with Crippen molar-refractivity contribution in [2.24, 2.45) is 5.92 Å². The first-order chi connectivity index (χ1) is 6.20. The number of hydroxylamine groups is 1. The molecule has 0 radical (unpaired) electrons. The van der Waals surface area contributed by atoms with Gasteiger partial charge in [0.05, 0.1) is 12.6 Å². The Kier molecular flexibility index (Phi) is 4.18. The van der Waals surface area contributed by atoms with Gasteiger partial charge in [0, 0.05) is 0 Å². The van der Waals surface area contributed by atoms with Crippen molar-refractivity contribution in [3.8, 4) is 0 Å². The zero-order valence-corrected chi connectivity index (χ0v) is 8.30. The molecular formula is C9H18N2O2. The van der Waals surface area contributed by atoms with Gasteiger partial charge in [0.2, 0.25) is 0 Å². The van der Waals surface area contributed by atoms with Gasteiger partial charge >= 0.3 is 0 Å². The van der Waals surface area contributed by atoms with Gasteiger partial charge in [-0.05, 0) is 25.3 Å². The van der Waals surface area contributed by atoms with Gasteiger partial charge in [-0.3, -0.25) is 9.63 Å². The van der Waals surface area contributed by atoms with E-state index in [1.54, 1.807) is 0 Å². The van der Waals surface area contributed by atoms with E-state index in [4.69, 9.17) is 4.84 Å². The molecule has 0 spiro atoms. The first-order valence-electron chi connectivity index (χ1n) is 4.85. The van der Waals surface area contributed by atoms with Crippen LogP contribution in [-0.2, 0) is 9.63 Å². The molecule has 0 aliphatic carbocycles. The zero-order valence-electron chi connectivity index (χ0n) is 8.30. The van der Waals surface area contributed by atoms with E-state index < -0.39 is 0 Å². The highest BCUT2D eigenvalue weighted by atomic mass is 16.7. The van der Waals surface area contributed by atoms with E-state index in [9.17, 15) is 4.79 Å². The fourth-order valence-corrected chi connectivity index (χ4v) is 1.26. The molecule has 1 amide bonds. The Bertz CT molecular complexity index is 165. The molecule has 0 saturated carbocycles. The van der Waals surface area contributed by atoms with Crippen LogP contribution in [-0.4, -0.2) is 25.1 Å². The molecule has 0 aromatic heterocycles. The predicted octanol–water partition coefficient (Wildman–Crippen LogP) is 0.442. The zero-order chi connectivity index (χ0) is 9.68. The molecule has 1 rings (SSSR count). The van der Waals surface area contributed by atoms with Gasteiger partial charge < -0.3 is 5.32 Å². The lowest BCUT2D eigenvalue weighted by atomic mass is 10.2. The van der Waals surface area contributed by atoms with Crippen LogP contribution in [0.15, 0.2) is 0 Å². The summed E-state index contributed by atoms with van der Waals surface area (Å²) >= 11 is 0.